The van der Waals surface area contributed by atoms with Crippen LogP contribution in [0.4, 0.5) is 0 Å². The maximum Gasteiger partial charge on any atom is 0.275 e. The van der Waals surface area contributed by atoms with Crippen LogP contribution in [0.25, 0.3) is 0 Å². The normalized spacial score (nSPS) is 19.0. The molecule has 0 radical (unpaired) electrons. The quantitative estimate of drug-likeness (QED) is 0.873. The first-order valence-corrected chi connectivity index (χ1v) is 7.55. The number of ether oxygens (including phenoxy) is 1. The number of nitrogens with zero attached hydrogens (tertiary/aromatic N) is 2. The maximum atomic E-state index is 12.5. The lowest BCUT2D eigenvalue weighted by molar-refractivity contribution is 0.0731. The second-order valence-electron chi connectivity index (χ2n) is 5.63. The van der Waals surface area contributed by atoms with Crippen LogP contribution < -0.4 is 0 Å². The van der Waals surface area contributed by atoms with Crippen molar-refractivity contribution in [3.05, 3.63) is 53.7 Å². The summed E-state index contributed by atoms with van der Waals surface area (Å²) in [5.41, 5.74) is 1.64. The van der Waals surface area contributed by atoms with Gasteiger partial charge in [0.1, 0.15) is 6.26 Å². The van der Waals surface area contributed by atoms with Crippen LogP contribution in [-0.2, 0) is 11.2 Å². The van der Waals surface area contributed by atoms with Gasteiger partial charge < -0.3 is 14.1 Å². The van der Waals surface area contributed by atoms with Crippen molar-refractivity contribution in [3.8, 4) is 0 Å². The van der Waals surface area contributed by atoms with E-state index in [1.807, 2.05) is 23.1 Å². The van der Waals surface area contributed by atoms with E-state index in [9.17, 15) is 4.79 Å². The Morgan fingerprint density at radius 3 is 2.91 bits per heavy atom. The molecule has 22 heavy (non-hydrogen) atoms. The third-order valence-electron chi connectivity index (χ3n) is 3.83. The first kappa shape index (κ1) is 14.8. The van der Waals surface area contributed by atoms with E-state index in [1.54, 1.807) is 6.92 Å². The molecule has 116 valence electrons. The van der Waals surface area contributed by atoms with Crippen LogP contribution >= 0.6 is 0 Å². The second kappa shape index (κ2) is 6.75. The molecule has 5 heteroatoms. The molecule has 0 saturated carbocycles. The molecule has 0 unspecified atom stereocenters. The minimum absolute atomic E-state index is 0.0830. The van der Waals surface area contributed by atoms with Crippen LogP contribution in [0.2, 0.25) is 0 Å². The van der Waals surface area contributed by atoms with Crippen LogP contribution in [-0.4, -0.2) is 42.1 Å². The molecule has 1 aromatic carbocycles. The van der Waals surface area contributed by atoms with Crippen LogP contribution in [0.3, 0.4) is 0 Å². The van der Waals surface area contributed by atoms with Gasteiger partial charge in [-0.2, -0.15) is 0 Å². The van der Waals surface area contributed by atoms with E-state index in [4.69, 9.17) is 9.15 Å². The number of aryl methyl sites for hydroxylation is 1. The number of carbonyl (C=O) groups is 1. The van der Waals surface area contributed by atoms with Crippen molar-refractivity contribution in [1.82, 2.24) is 9.88 Å². The molecule has 0 N–H and O–H groups in total. The summed E-state index contributed by atoms with van der Waals surface area (Å²) in [6.45, 7) is 4.25. The summed E-state index contributed by atoms with van der Waals surface area (Å²) in [7, 11) is 0. The SMILES string of the molecule is Cc1nc(C(=O)N2CCOC[C@@H](Cc3ccccc3)C2)co1. The Kier molecular flexibility index (Phi) is 4.53. The fourth-order valence-electron chi connectivity index (χ4n) is 2.76. The third kappa shape index (κ3) is 3.54. The molecular formula is C17H20N2O3. The van der Waals surface area contributed by atoms with Gasteiger partial charge in [0.15, 0.2) is 11.6 Å². The van der Waals surface area contributed by atoms with E-state index < -0.39 is 0 Å². The van der Waals surface area contributed by atoms with Crippen molar-refractivity contribution in [2.45, 2.75) is 13.3 Å². The summed E-state index contributed by atoms with van der Waals surface area (Å²) in [5, 5.41) is 0. The first-order valence-electron chi connectivity index (χ1n) is 7.55. The van der Waals surface area contributed by atoms with E-state index in [1.165, 1.54) is 11.8 Å². The van der Waals surface area contributed by atoms with Crippen molar-refractivity contribution in [2.75, 3.05) is 26.3 Å². The smallest absolute Gasteiger partial charge is 0.275 e. The standard InChI is InChI=1S/C17H20N2O3/c1-13-18-16(12-22-13)17(20)19-7-8-21-11-15(10-19)9-14-5-3-2-4-6-14/h2-6,12,15H,7-11H2,1H3/t15-/m0/s1. The molecule has 1 amide bonds. The van der Waals surface area contributed by atoms with Gasteiger partial charge in [0.25, 0.3) is 5.91 Å². The highest BCUT2D eigenvalue weighted by atomic mass is 16.5. The second-order valence-corrected chi connectivity index (χ2v) is 5.63. The van der Waals surface area contributed by atoms with Crippen molar-refractivity contribution >= 4 is 5.91 Å². The molecule has 2 aromatic rings. The summed E-state index contributed by atoms with van der Waals surface area (Å²) in [5.74, 6) is 0.720. The largest absolute Gasteiger partial charge is 0.448 e. The van der Waals surface area contributed by atoms with Gasteiger partial charge in [-0.15, -0.1) is 0 Å². The van der Waals surface area contributed by atoms with Crippen molar-refractivity contribution in [3.63, 3.8) is 0 Å². The van der Waals surface area contributed by atoms with Crippen LogP contribution in [0.5, 0.6) is 0 Å². The van der Waals surface area contributed by atoms with E-state index >= 15 is 0 Å². The highest BCUT2D eigenvalue weighted by molar-refractivity contribution is 5.92. The molecule has 0 spiro atoms. The summed E-state index contributed by atoms with van der Waals surface area (Å²) in [4.78, 5) is 18.5. The lowest BCUT2D eigenvalue weighted by atomic mass is 9.99. The van der Waals surface area contributed by atoms with Crippen molar-refractivity contribution in [1.29, 1.82) is 0 Å². The Balaban J connectivity index is 1.68. The van der Waals surface area contributed by atoms with Crippen LogP contribution in [0.15, 0.2) is 41.0 Å². The fourth-order valence-corrected chi connectivity index (χ4v) is 2.76. The third-order valence-corrected chi connectivity index (χ3v) is 3.83. The zero-order chi connectivity index (χ0) is 15.4. The number of hydrogen-bond donors (Lipinski definition) is 0. The highest BCUT2D eigenvalue weighted by Crippen LogP contribution is 2.16. The van der Waals surface area contributed by atoms with Crippen molar-refractivity contribution < 1.29 is 13.9 Å². The number of carbonyl (C=O) groups excluding carboxylic acids is 1. The van der Waals surface area contributed by atoms with E-state index in [0.29, 0.717) is 43.8 Å². The number of hydrogen-bond acceptors (Lipinski definition) is 4. The summed E-state index contributed by atoms with van der Waals surface area (Å²) < 4.78 is 10.8. The molecule has 0 aliphatic carbocycles. The zero-order valence-electron chi connectivity index (χ0n) is 12.7. The maximum absolute atomic E-state index is 12.5. The molecule has 1 fully saturated rings. The summed E-state index contributed by atoms with van der Waals surface area (Å²) in [6.07, 6.45) is 2.33. The van der Waals surface area contributed by atoms with Gasteiger partial charge in [-0.25, -0.2) is 4.98 Å². The van der Waals surface area contributed by atoms with E-state index in [-0.39, 0.29) is 5.91 Å². The van der Waals surface area contributed by atoms with Gasteiger partial charge in [0.05, 0.1) is 13.2 Å². The van der Waals surface area contributed by atoms with E-state index in [0.717, 1.165) is 6.42 Å². The molecule has 5 nitrogen and oxygen atoms in total. The molecule has 1 saturated heterocycles. The predicted octanol–water partition coefficient (Wildman–Crippen LogP) is 2.31. The number of amides is 1. The highest BCUT2D eigenvalue weighted by Gasteiger charge is 2.25. The molecule has 1 aliphatic rings. The molecular weight excluding hydrogens is 280 g/mol. The molecule has 3 rings (SSSR count). The Bertz CT molecular complexity index is 624. The molecule has 1 aliphatic heterocycles. The number of oxazole rings is 1. The van der Waals surface area contributed by atoms with Gasteiger partial charge in [-0.05, 0) is 12.0 Å². The number of benzene rings is 1. The first-order chi connectivity index (χ1) is 10.7. The Labute approximate surface area is 129 Å². The minimum atomic E-state index is -0.0830. The van der Waals surface area contributed by atoms with Gasteiger partial charge in [0.2, 0.25) is 0 Å². The van der Waals surface area contributed by atoms with Gasteiger partial charge >= 0.3 is 0 Å². The van der Waals surface area contributed by atoms with Gasteiger partial charge in [-0.3, -0.25) is 4.79 Å². The average molecular weight is 300 g/mol. The Morgan fingerprint density at radius 2 is 2.18 bits per heavy atom. The molecule has 2 heterocycles. The Hall–Kier alpha value is -2.14. The lowest BCUT2D eigenvalue weighted by Crippen LogP contribution is -2.36. The van der Waals surface area contributed by atoms with Crippen molar-refractivity contribution in [2.24, 2.45) is 5.92 Å². The zero-order valence-corrected chi connectivity index (χ0v) is 12.7. The lowest BCUT2D eigenvalue weighted by Gasteiger charge is -2.22. The Morgan fingerprint density at radius 1 is 1.36 bits per heavy atom. The number of aromatic nitrogens is 1. The average Bonchev–Trinajstić information content (AvgIpc) is 2.83. The topological polar surface area (TPSA) is 55.6 Å². The fraction of sp³-hybridized carbons (Fsp3) is 0.412. The molecule has 1 atom stereocenters. The molecule has 0 bridgehead atoms. The monoisotopic (exact) mass is 300 g/mol. The number of rotatable bonds is 3. The summed E-state index contributed by atoms with van der Waals surface area (Å²) >= 11 is 0. The van der Waals surface area contributed by atoms with Gasteiger partial charge in [-0.1, -0.05) is 30.3 Å². The van der Waals surface area contributed by atoms with Gasteiger partial charge in [0, 0.05) is 25.9 Å². The molecule has 1 aromatic heterocycles. The van der Waals surface area contributed by atoms with Crippen LogP contribution in [0, 0.1) is 12.8 Å². The van der Waals surface area contributed by atoms with E-state index in [2.05, 4.69) is 17.1 Å². The minimum Gasteiger partial charge on any atom is -0.448 e. The van der Waals surface area contributed by atoms with Crippen LogP contribution in [0.1, 0.15) is 21.9 Å². The summed E-state index contributed by atoms with van der Waals surface area (Å²) in [6, 6.07) is 10.3. The predicted molar refractivity (Wildman–Crippen MR) is 81.6 cm³/mol.